The summed E-state index contributed by atoms with van der Waals surface area (Å²) in [5.41, 5.74) is 3.47. The van der Waals surface area contributed by atoms with Crippen molar-refractivity contribution in [1.82, 2.24) is 20.1 Å². The minimum Gasteiger partial charge on any atom is -0.367 e. The summed E-state index contributed by atoms with van der Waals surface area (Å²) in [5.74, 6) is -0.241. The molecule has 0 radical (unpaired) electrons. The van der Waals surface area contributed by atoms with Crippen LogP contribution < -0.4 is 10.2 Å². The van der Waals surface area contributed by atoms with E-state index >= 15 is 0 Å². The fourth-order valence-electron chi connectivity index (χ4n) is 4.08. The molecule has 164 valence electrons. The Morgan fingerprint density at radius 3 is 2.71 bits per heavy atom. The summed E-state index contributed by atoms with van der Waals surface area (Å²) in [5, 5.41) is 4.10. The van der Waals surface area contributed by atoms with E-state index in [1.807, 2.05) is 49.5 Å². The van der Waals surface area contributed by atoms with Gasteiger partial charge in [-0.05, 0) is 48.7 Å². The van der Waals surface area contributed by atoms with Crippen LogP contribution in [0.5, 0.6) is 0 Å². The predicted molar refractivity (Wildman–Crippen MR) is 123 cm³/mol. The van der Waals surface area contributed by atoms with Crippen LogP contribution >= 0.6 is 0 Å². The summed E-state index contributed by atoms with van der Waals surface area (Å²) in [7, 11) is 3.84. The van der Waals surface area contributed by atoms with Crippen LogP contribution in [0, 0.1) is 5.82 Å². The van der Waals surface area contributed by atoms with Crippen molar-refractivity contribution in [1.29, 1.82) is 0 Å². The number of carbonyl (C=O) groups excluding carboxylic acids is 1. The Bertz CT molecular complexity index is 1060. The van der Waals surface area contributed by atoms with Crippen molar-refractivity contribution in [3.05, 3.63) is 65.6 Å². The third-order valence-corrected chi connectivity index (χ3v) is 6.08. The van der Waals surface area contributed by atoms with E-state index in [0.29, 0.717) is 12.2 Å². The number of likely N-dealkylation sites (N-methyl/N-ethyl adjacent to an activating group) is 1. The fraction of sp³-hybridized carbons (Fsp3) is 0.375. The number of nitrogens with one attached hydrogen (secondary N) is 2. The monoisotopic (exact) mass is 423 g/mol. The van der Waals surface area contributed by atoms with E-state index in [-0.39, 0.29) is 17.9 Å². The van der Waals surface area contributed by atoms with Crippen molar-refractivity contribution in [2.24, 2.45) is 0 Å². The number of fused-ring (bicyclic) bond motifs is 1. The molecule has 3 aromatic rings. The maximum atomic E-state index is 14.8. The lowest BCUT2D eigenvalue weighted by Crippen LogP contribution is -2.44. The Morgan fingerprint density at radius 1 is 1.19 bits per heavy atom. The van der Waals surface area contributed by atoms with Crippen molar-refractivity contribution in [3.63, 3.8) is 0 Å². The SMILES string of the molecule is CC(NC(=O)N(C)Cc1cccc2cc[nH]c12)c1ccc(N2CCN(C)CC2)c(F)c1. The number of anilines is 1. The molecule has 2 N–H and O–H groups in total. The van der Waals surface area contributed by atoms with Gasteiger partial charge in [0.2, 0.25) is 0 Å². The average molecular weight is 424 g/mol. The molecule has 0 bridgehead atoms. The Balaban J connectivity index is 1.39. The molecule has 31 heavy (non-hydrogen) atoms. The number of hydrogen-bond acceptors (Lipinski definition) is 3. The predicted octanol–water partition coefficient (Wildman–Crippen LogP) is 3.96. The number of urea groups is 1. The Labute approximate surface area is 182 Å². The molecule has 4 rings (SSSR count). The molecule has 2 aromatic carbocycles. The minimum absolute atomic E-state index is 0.195. The van der Waals surface area contributed by atoms with Gasteiger partial charge in [-0.1, -0.05) is 24.3 Å². The van der Waals surface area contributed by atoms with Gasteiger partial charge in [0, 0.05) is 46.0 Å². The largest absolute Gasteiger partial charge is 0.367 e. The topological polar surface area (TPSA) is 54.6 Å². The highest BCUT2D eigenvalue weighted by molar-refractivity contribution is 5.83. The number of rotatable bonds is 5. The number of benzene rings is 2. The number of para-hydroxylation sites is 1. The van der Waals surface area contributed by atoms with Crippen molar-refractivity contribution < 1.29 is 9.18 Å². The second-order valence-electron chi connectivity index (χ2n) is 8.39. The van der Waals surface area contributed by atoms with Crippen molar-refractivity contribution in [2.75, 3.05) is 45.2 Å². The summed E-state index contributed by atoms with van der Waals surface area (Å²) in [4.78, 5) is 21.9. The van der Waals surface area contributed by atoms with Gasteiger partial charge in [-0.2, -0.15) is 0 Å². The number of nitrogens with zero attached hydrogens (tertiary/aromatic N) is 3. The Kier molecular flexibility index (Phi) is 6.13. The molecule has 0 saturated carbocycles. The second-order valence-corrected chi connectivity index (χ2v) is 8.39. The summed E-state index contributed by atoms with van der Waals surface area (Å²) < 4.78 is 14.8. The zero-order chi connectivity index (χ0) is 22.0. The molecule has 1 unspecified atom stereocenters. The molecule has 2 amide bonds. The molecule has 1 aliphatic heterocycles. The molecule has 6 nitrogen and oxygen atoms in total. The van der Waals surface area contributed by atoms with E-state index in [1.165, 1.54) is 6.07 Å². The van der Waals surface area contributed by atoms with E-state index in [0.717, 1.165) is 48.2 Å². The summed E-state index contributed by atoms with van der Waals surface area (Å²) in [6, 6.07) is 12.8. The summed E-state index contributed by atoms with van der Waals surface area (Å²) in [6.07, 6.45) is 1.90. The van der Waals surface area contributed by atoms with Gasteiger partial charge in [-0.25, -0.2) is 9.18 Å². The van der Waals surface area contributed by atoms with Crippen LogP contribution in [0.2, 0.25) is 0 Å². The normalized spacial score (nSPS) is 15.8. The lowest BCUT2D eigenvalue weighted by Gasteiger charge is -2.34. The van der Waals surface area contributed by atoms with Gasteiger partial charge in [-0.3, -0.25) is 0 Å². The van der Waals surface area contributed by atoms with E-state index in [1.54, 1.807) is 11.9 Å². The first-order chi connectivity index (χ1) is 14.9. The third kappa shape index (κ3) is 4.66. The maximum Gasteiger partial charge on any atom is 0.317 e. The Morgan fingerprint density at radius 2 is 1.97 bits per heavy atom. The first-order valence-electron chi connectivity index (χ1n) is 10.7. The van der Waals surface area contributed by atoms with Crippen LogP contribution in [0.25, 0.3) is 10.9 Å². The van der Waals surface area contributed by atoms with Gasteiger partial charge in [0.1, 0.15) is 5.82 Å². The van der Waals surface area contributed by atoms with Crippen molar-refractivity contribution in [2.45, 2.75) is 19.5 Å². The lowest BCUT2D eigenvalue weighted by molar-refractivity contribution is 0.203. The number of carbonyl (C=O) groups is 1. The maximum absolute atomic E-state index is 14.8. The van der Waals surface area contributed by atoms with Crippen molar-refractivity contribution in [3.8, 4) is 0 Å². The summed E-state index contributed by atoms with van der Waals surface area (Å²) >= 11 is 0. The van der Waals surface area contributed by atoms with Crippen LogP contribution in [-0.2, 0) is 6.54 Å². The molecule has 0 aliphatic carbocycles. The van der Waals surface area contributed by atoms with E-state index in [4.69, 9.17) is 0 Å². The number of halogens is 1. The minimum atomic E-state index is -0.299. The molecular formula is C24H30FN5O. The molecule has 1 saturated heterocycles. The molecular weight excluding hydrogens is 393 g/mol. The number of hydrogen-bond donors (Lipinski definition) is 2. The quantitative estimate of drug-likeness (QED) is 0.653. The Hall–Kier alpha value is -3.06. The highest BCUT2D eigenvalue weighted by Crippen LogP contribution is 2.25. The molecule has 1 fully saturated rings. The van der Waals surface area contributed by atoms with Crippen LogP contribution in [-0.4, -0.2) is 61.1 Å². The highest BCUT2D eigenvalue weighted by Gasteiger charge is 2.20. The third-order valence-electron chi connectivity index (χ3n) is 6.08. The number of piperazine rings is 1. The molecule has 1 aliphatic rings. The van der Waals surface area contributed by atoms with E-state index < -0.39 is 0 Å². The van der Waals surface area contributed by atoms with Gasteiger partial charge < -0.3 is 25.0 Å². The average Bonchev–Trinajstić information content (AvgIpc) is 3.24. The molecule has 2 heterocycles. The zero-order valence-corrected chi connectivity index (χ0v) is 18.4. The highest BCUT2D eigenvalue weighted by atomic mass is 19.1. The molecule has 0 spiro atoms. The zero-order valence-electron chi connectivity index (χ0n) is 18.4. The van der Waals surface area contributed by atoms with Gasteiger partial charge in [0.15, 0.2) is 0 Å². The van der Waals surface area contributed by atoms with E-state index in [9.17, 15) is 9.18 Å². The number of H-pyrrole nitrogens is 1. The number of aromatic amines is 1. The van der Waals surface area contributed by atoms with Gasteiger partial charge in [0.05, 0.1) is 17.2 Å². The van der Waals surface area contributed by atoms with Gasteiger partial charge in [0.25, 0.3) is 0 Å². The number of aromatic nitrogens is 1. The van der Waals surface area contributed by atoms with Crippen LogP contribution in [0.3, 0.4) is 0 Å². The number of amides is 2. The molecule has 1 atom stereocenters. The van der Waals surface area contributed by atoms with Gasteiger partial charge >= 0.3 is 6.03 Å². The lowest BCUT2D eigenvalue weighted by atomic mass is 10.1. The fourth-order valence-corrected chi connectivity index (χ4v) is 4.08. The van der Waals surface area contributed by atoms with Crippen LogP contribution in [0.1, 0.15) is 24.1 Å². The van der Waals surface area contributed by atoms with Crippen LogP contribution in [0.15, 0.2) is 48.7 Å². The first kappa shape index (κ1) is 21.2. The standard InChI is InChI=1S/C24H30FN5O/c1-17(19-7-8-22(21(25)15-19)30-13-11-28(2)12-14-30)27-24(31)29(3)16-20-6-4-5-18-9-10-26-23(18)20/h4-10,15,17,26H,11-14,16H2,1-3H3,(H,27,31). The van der Waals surface area contributed by atoms with Gasteiger partial charge in [-0.15, -0.1) is 0 Å². The summed E-state index contributed by atoms with van der Waals surface area (Å²) in [6.45, 7) is 5.84. The second kappa shape index (κ2) is 8.98. The van der Waals surface area contributed by atoms with Crippen LogP contribution in [0.4, 0.5) is 14.9 Å². The molecule has 1 aromatic heterocycles. The van der Waals surface area contributed by atoms with Crippen molar-refractivity contribution >= 4 is 22.6 Å². The molecule has 7 heteroatoms. The first-order valence-corrected chi connectivity index (χ1v) is 10.7. The van der Waals surface area contributed by atoms with E-state index in [2.05, 4.69) is 27.1 Å². The smallest absolute Gasteiger partial charge is 0.317 e.